The van der Waals surface area contributed by atoms with Gasteiger partial charge in [-0.15, -0.1) is 0 Å². The third-order valence-corrected chi connectivity index (χ3v) is 12.1. The highest BCUT2D eigenvalue weighted by Crippen LogP contribution is 2.55. The van der Waals surface area contributed by atoms with Crippen LogP contribution in [-0.4, -0.2) is 6.04 Å². The standard InChI is InChI=1S/C55H42FN/c1-55(2)47-29-12-9-26-45(47)54-48(55)30-17-33-52(54)57(51-35-34-40(37-18-5-3-6-19-37)36-46(51)38-20-7-4-8-21-38)50-32-14-11-25-42(50)44-28-16-23-39-22-15-27-43(53(39)44)41-24-10-13-31-49(41)56/h3-31,33-36,50H,32H2,1-2H3. The summed E-state index contributed by atoms with van der Waals surface area (Å²) in [5.41, 5.74) is 15.9. The molecule has 274 valence electrons. The molecule has 0 saturated heterocycles. The van der Waals surface area contributed by atoms with Crippen molar-refractivity contribution >= 4 is 27.7 Å². The summed E-state index contributed by atoms with van der Waals surface area (Å²) in [4.78, 5) is 2.62. The number of allylic oxidation sites excluding steroid dienone is 2. The van der Waals surface area contributed by atoms with Crippen LogP contribution in [0.25, 0.3) is 60.9 Å². The van der Waals surface area contributed by atoms with Crippen LogP contribution in [0.2, 0.25) is 0 Å². The third kappa shape index (κ3) is 5.83. The zero-order chi connectivity index (χ0) is 38.5. The molecule has 0 N–H and O–H groups in total. The second-order valence-electron chi connectivity index (χ2n) is 15.7. The Balaban J connectivity index is 1.27. The van der Waals surface area contributed by atoms with Gasteiger partial charge in [-0.05, 0) is 91.5 Å². The number of halogens is 1. The van der Waals surface area contributed by atoms with Gasteiger partial charge in [0.15, 0.2) is 0 Å². The van der Waals surface area contributed by atoms with Crippen LogP contribution in [0.4, 0.5) is 15.8 Å². The summed E-state index contributed by atoms with van der Waals surface area (Å²) in [5.74, 6) is -0.220. The highest BCUT2D eigenvalue weighted by Gasteiger charge is 2.39. The zero-order valence-corrected chi connectivity index (χ0v) is 32.2. The number of fused-ring (bicyclic) bond motifs is 4. The van der Waals surface area contributed by atoms with Gasteiger partial charge < -0.3 is 4.90 Å². The fourth-order valence-corrected chi connectivity index (χ4v) is 9.42. The number of rotatable bonds is 7. The molecule has 10 rings (SSSR count). The van der Waals surface area contributed by atoms with E-state index in [0.29, 0.717) is 5.56 Å². The molecule has 1 nitrogen and oxygen atoms in total. The van der Waals surface area contributed by atoms with Gasteiger partial charge in [-0.2, -0.15) is 0 Å². The number of nitrogens with zero attached hydrogens (tertiary/aromatic N) is 1. The lowest BCUT2D eigenvalue weighted by atomic mass is 9.82. The van der Waals surface area contributed by atoms with Crippen LogP contribution in [0.1, 0.15) is 37.0 Å². The quantitative estimate of drug-likeness (QED) is 0.158. The largest absolute Gasteiger partial charge is 0.332 e. The van der Waals surface area contributed by atoms with E-state index >= 15 is 4.39 Å². The van der Waals surface area contributed by atoms with E-state index in [1.54, 1.807) is 12.1 Å². The molecule has 2 aliphatic rings. The van der Waals surface area contributed by atoms with E-state index in [9.17, 15) is 0 Å². The normalized spacial score (nSPS) is 15.2. The first-order chi connectivity index (χ1) is 28.0. The minimum Gasteiger partial charge on any atom is -0.332 e. The fraction of sp³-hybridized carbons (Fsp3) is 0.0909. The van der Waals surface area contributed by atoms with Gasteiger partial charge in [-0.3, -0.25) is 0 Å². The summed E-state index contributed by atoms with van der Waals surface area (Å²) in [6.45, 7) is 4.70. The molecule has 8 aromatic rings. The van der Waals surface area contributed by atoms with Crippen LogP contribution in [-0.2, 0) is 5.41 Å². The predicted octanol–water partition coefficient (Wildman–Crippen LogP) is 14.8. The Hall–Kier alpha value is -6.77. The summed E-state index contributed by atoms with van der Waals surface area (Å²) >= 11 is 0. The molecule has 0 saturated carbocycles. The van der Waals surface area contributed by atoms with Crippen LogP contribution in [0.3, 0.4) is 0 Å². The first kappa shape index (κ1) is 34.7. The molecular weight excluding hydrogens is 694 g/mol. The summed E-state index contributed by atoms with van der Waals surface area (Å²) in [7, 11) is 0. The van der Waals surface area contributed by atoms with Crippen molar-refractivity contribution in [1.82, 2.24) is 0 Å². The smallest absolute Gasteiger partial charge is 0.131 e. The predicted molar refractivity (Wildman–Crippen MR) is 238 cm³/mol. The van der Waals surface area contributed by atoms with Gasteiger partial charge in [-0.25, -0.2) is 4.39 Å². The molecule has 0 radical (unpaired) electrons. The van der Waals surface area contributed by atoms with Crippen LogP contribution in [0, 0.1) is 5.82 Å². The second-order valence-corrected chi connectivity index (χ2v) is 15.7. The highest BCUT2D eigenvalue weighted by molar-refractivity contribution is 6.06. The molecule has 0 bridgehead atoms. The topological polar surface area (TPSA) is 3.24 Å². The Morgan fingerprint density at radius 3 is 1.91 bits per heavy atom. The van der Waals surface area contributed by atoms with Gasteiger partial charge in [0.1, 0.15) is 5.82 Å². The molecule has 0 fully saturated rings. The van der Waals surface area contributed by atoms with Gasteiger partial charge in [-0.1, -0.05) is 190 Å². The molecule has 2 heteroatoms. The minimum absolute atomic E-state index is 0.0957. The zero-order valence-electron chi connectivity index (χ0n) is 32.2. The highest BCUT2D eigenvalue weighted by atomic mass is 19.1. The molecule has 1 atom stereocenters. The molecule has 2 aliphatic carbocycles. The Labute approximate surface area is 334 Å². The Morgan fingerprint density at radius 2 is 1.14 bits per heavy atom. The van der Waals surface area contributed by atoms with Gasteiger partial charge in [0.05, 0.1) is 6.04 Å². The minimum atomic E-state index is -0.220. The Kier molecular flexibility index (Phi) is 8.56. The van der Waals surface area contributed by atoms with Crippen molar-refractivity contribution in [3.63, 3.8) is 0 Å². The van der Waals surface area contributed by atoms with Gasteiger partial charge in [0.25, 0.3) is 0 Å². The Bertz CT molecular complexity index is 2860. The molecular formula is C55H42FN. The average molecular weight is 736 g/mol. The van der Waals surface area contributed by atoms with Crippen molar-refractivity contribution in [3.8, 4) is 44.5 Å². The second kappa shape index (κ2) is 14.1. The molecule has 57 heavy (non-hydrogen) atoms. The number of hydrogen-bond acceptors (Lipinski definition) is 1. The maximum atomic E-state index is 15.7. The maximum absolute atomic E-state index is 15.7. The molecule has 0 aromatic heterocycles. The van der Waals surface area contributed by atoms with E-state index in [-0.39, 0.29) is 17.3 Å². The Morgan fingerprint density at radius 1 is 0.509 bits per heavy atom. The monoisotopic (exact) mass is 735 g/mol. The lowest BCUT2D eigenvalue weighted by molar-refractivity contribution is 0.631. The van der Waals surface area contributed by atoms with Crippen molar-refractivity contribution in [1.29, 1.82) is 0 Å². The van der Waals surface area contributed by atoms with Crippen molar-refractivity contribution in [2.45, 2.75) is 31.7 Å². The fourth-order valence-electron chi connectivity index (χ4n) is 9.42. The molecule has 8 aromatic carbocycles. The van der Waals surface area contributed by atoms with Crippen LogP contribution >= 0.6 is 0 Å². The maximum Gasteiger partial charge on any atom is 0.131 e. The van der Waals surface area contributed by atoms with Crippen molar-refractivity contribution < 1.29 is 4.39 Å². The van der Waals surface area contributed by atoms with Crippen molar-refractivity contribution in [2.75, 3.05) is 4.90 Å². The lowest BCUT2D eigenvalue weighted by Crippen LogP contribution is -2.34. The SMILES string of the molecule is CC1(C)c2ccccc2-c2c(N(c3ccc(-c4ccccc4)cc3-c3ccccc3)C3CC=CC=C3c3cccc4cccc(-c5ccccc5F)c34)cccc21. The molecule has 0 spiro atoms. The van der Waals surface area contributed by atoms with E-state index in [4.69, 9.17) is 0 Å². The summed E-state index contributed by atoms with van der Waals surface area (Å²) in [5, 5.41) is 2.14. The number of anilines is 2. The van der Waals surface area contributed by atoms with Crippen LogP contribution < -0.4 is 4.90 Å². The number of hydrogen-bond donors (Lipinski definition) is 0. The molecule has 0 heterocycles. The van der Waals surface area contributed by atoms with E-state index in [1.807, 2.05) is 18.2 Å². The number of benzene rings is 8. The van der Waals surface area contributed by atoms with Crippen molar-refractivity contribution in [3.05, 3.63) is 223 Å². The first-order valence-corrected chi connectivity index (χ1v) is 19.9. The van der Waals surface area contributed by atoms with Crippen LogP contribution in [0.15, 0.2) is 200 Å². The van der Waals surface area contributed by atoms with E-state index < -0.39 is 0 Å². The third-order valence-electron chi connectivity index (χ3n) is 12.1. The summed E-state index contributed by atoms with van der Waals surface area (Å²) in [6, 6.07) is 64.1. The summed E-state index contributed by atoms with van der Waals surface area (Å²) < 4.78 is 15.7. The average Bonchev–Trinajstić information content (AvgIpc) is 3.51. The first-order valence-electron chi connectivity index (χ1n) is 19.9. The van der Waals surface area contributed by atoms with Gasteiger partial charge >= 0.3 is 0 Å². The van der Waals surface area contributed by atoms with Gasteiger partial charge in [0.2, 0.25) is 0 Å². The molecule has 1 unspecified atom stereocenters. The van der Waals surface area contributed by atoms with E-state index in [1.165, 1.54) is 50.2 Å². The van der Waals surface area contributed by atoms with E-state index in [0.717, 1.165) is 39.6 Å². The van der Waals surface area contributed by atoms with Gasteiger partial charge in [0, 0.05) is 33.5 Å². The van der Waals surface area contributed by atoms with Crippen LogP contribution in [0.5, 0.6) is 0 Å². The molecule has 0 aliphatic heterocycles. The van der Waals surface area contributed by atoms with Crippen molar-refractivity contribution in [2.24, 2.45) is 0 Å². The lowest BCUT2D eigenvalue weighted by Gasteiger charge is -2.39. The molecule has 0 amide bonds. The van der Waals surface area contributed by atoms with E-state index in [2.05, 4.69) is 189 Å². The summed E-state index contributed by atoms with van der Waals surface area (Å²) in [6.07, 6.45) is 7.56.